The van der Waals surface area contributed by atoms with Crippen molar-refractivity contribution < 1.29 is 17.9 Å². The molecule has 0 fully saturated rings. The lowest BCUT2D eigenvalue weighted by Gasteiger charge is -2.11. The lowest BCUT2D eigenvalue weighted by molar-refractivity contribution is 0.0600. The summed E-state index contributed by atoms with van der Waals surface area (Å²) in [5.41, 5.74) is -0.724. The largest absolute Gasteiger partial charge is 0.382 e. The van der Waals surface area contributed by atoms with Crippen molar-refractivity contribution in [2.24, 2.45) is 0 Å². The van der Waals surface area contributed by atoms with E-state index in [1.54, 1.807) is 14.0 Å². The van der Waals surface area contributed by atoms with Crippen molar-refractivity contribution in [3.8, 4) is 0 Å². The highest BCUT2D eigenvalue weighted by molar-refractivity contribution is 7.91. The van der Waals surface area contributed by atoms with Crippen molar-refractivity contribution in [3.63, 3.8) is 0 Å². The van der Waals surface area contributed by atoms with E-state index in [0.717, 1.165) is 0 Å². The Morgan fingerprint density at radius 1 is 1.33 bits per heavy atom. The van der Waals surface area contributed by atoms with Gasteiger partial charge in [0.25, 0.3) is 0 Å². The van der Waals surface area contributed by atoms with E-state index in [-0.39, 0.29) is 5.75 Å². The first kappa shape index (κ1) is 11.9. The van der Waals surface area contributed by atoms with E-state index in [1.807, 2.05) is 0 Å². The van der Waals surface area contributed by atoms with Gasteiger partial charge in [-0.1, -0.05) is 6.92 Å². The molecule has 0 spiro atoms. The Labute approximate surface area is 73.8 Å². The zero-order valence-corrected chi connectivity index (χ0v) is 8.56. The van der Waals surface area contributed by atoms with E-state index in [1.165, 1.54) is 6.92 Å². The molecule has 0 aliphatic carbocycles. The highest BCUT2D eigenvalue weighted by Crippen LogP contribution is 2.02. The number of hydrogen-bond donors (Lipinski definition) is 0. The molecule has 0 aromatic heterocycles. The van der Waals surface area contributed by atoms with Crippen LogP contribution in [0.15, 0.2) is 0 Å². The molecule has 0 heterocycles. The highest BCUT2D eigenvalue weighted by Gasteiger charge is 2.18. The van der Waals surface area contributed by atoms with Crippen LogP contribution in [0.3, 0.4) is 0 Å². The highest BCUT2D eigenvalue weighted by atomic mass is 32.2. The zero-order valence-electron chi connectivity index (χ0n) is 7.74. The monoisotopic (exact) mass is 196 g/mol. The molecule has 0 amide bonds. The van der Waals surface area contributed by atoms with Gasteiger partial charge in [-0.2, -0.15) is 0 Å². The molecular formula is C7H16O4S. The Balaban J connectivity index is 3.80. The molecule has 0 aromatic carbocycles. The third-order valence-corrected chi connectivity index (χ3v) is 3.50. The fourth-order valence-corrected chi connectivity index (χ4v) is 1.41. The topological polar surface area (TPSA) is 52.6 Å². The minimum atomic E-state index is -3.06. The van der Waals surface area contributed by atoms with Crippen LogP contribution >= 0.6 is 0 Å². The Kier molecular flexibility index (Phi) is 5.44. The summed E-state index contributed by atoms with van der Waals surface area (Å²) in [6.45, 7) is 3.88. The molecule has 1 unspecified atom stereocenters. The summed E-state index contributed by atoms with van der Waals surface area (Å²) in [5.74, 6) is 0.112. The lowest BCUT2D eigenvalue weighted by Crippen LogP contribution is -2.24. The molecule has 0 aliphatic rings. The quantitative estimate of drug-likeness (QED) is 0.578. The van der Waals surface area contributed by atoms with Crippen molar-refractivity contribution in [2.45, 2.75) is 19.3 Å². The standard InChI is InChI=1S/C7H16O4S/c1-4-12(8,9)7(2)11-6-5-10-3/h7H,4-6H2,1-3H3. The SMILES string of the molecule is CCS(=O)(=O)C(C)OCCOC. The predicted molar refractivity (Wildman–Crippen MR) is 46.8 cm³/mol. The third kappa shape index (κ3) is 4.04. The zero-order chi connectivity index (χ0) is 9.61. The summed E-state index contributed by atoms with van der Waals surface area (Å²) in [6, 6.07) is 0. The summed E-state index contributed by atoms with van der Waals surface area (Å²) in [7, 11) is -1.51. The van der Waals surface area contributed by atoms with Crippen molar-refractivity contribution in [1.82, 2.24) is 0 Å². The van der Waals surface area contributed by atoms with E-state index < -0.39 is 15.3 Å². The van der Waals surface area contributed by atoms with Gasteiger partial charge in [-0.25, -0.2) is 8.42 Å². The molecule has 0 radical (unpaired) electrons. The van der Waals surface area contributed by atoms with Crippen LogP contribution in [-0.2, 0) is 19.3 Å². The van der Waals surface area contributed by atoms with Gasteiger partial charge in [0.15, 0.2) is 15.3 Å². The molecule has 1 atom stereocenters. The van der Waals surface area contributed by atoms with Crippen LogP contribution in [0.25, 0.3) is 0 Å². The van der Waals surface area contributed by atoms with Crippen LogP contribution in [0.1, 0.15) is 13.8 Å². The second-order valence-corrected chi connectivity index (χ2v) is 4.95. The minimum Gasteiger partial charge on any atom is -0.382 e. The summed E-state index contributed by atoms with van der Waals surface area (Å²) in [5, 5.41) is 0. The summed E-state index contributed by atoms with van der Waals surface area (Å²) in [4.78, 5) is 0. The fourth-order valence-electron chi connectivity index (χ4n) is 0.636. The van der Waals surface area contributed by atoms with Gasteiger partial charge in [0, 0.05) is 12.9 Å². The summed E-state index contributed by atoms with van der Waals surface area (Å²) >= 11 is 0. The molecule has 12 heavy (non-hydrogen) atoms. The predicted octanol–water partition coefficient (Wildman–Crippen LogP) is 0.430. The van der Waals surface area contributed by atoms with E-state index in [0.29, 0.717) is 13.2 Å². The molecule has 0 saturated heterocycles. The first-order valence-corrected chi connectivity index (χ1v) is 5.58. The summed E-state index contributed by atoms with van der Waals surface area (Å²) < 4.78 is 32.0. The molecule has 0 aromatic rings. The van der Waals surface area contributed by atoms with E-state index in [2.05, 4.69) is 0 Å². The van der Waals surface area contributed by atoms with Crippen molar-refractivity contribution in [3.05, 3.63) is 0 Å². The molecule has 74 valence electrons. The van der Waals surface area contributed by atoms with Crippen molar-refractivity contribution in [2.75, 3.05) is 26.1 Å². The van der Waals surface area contributed by atoms with Gasteiger partial charge in [-0.3, -0.25) is 0 Å². The second-order valence-electron chi connectivity index (χ2n) is 2.38. The van der Waals surface area contributed by atoms with Crippen LogP contribution in [0.2, 0.25) is 0 Å². The average Bonchev–Trinajstić information content (AvgIpc) is 2.05. The normalized spacial score (nSPS) is 14.6. The van der Waals surface area contributed by atoms with Crippen LogP contribution in [-0.4, -0.2) is 39.9 Å². The maximum atomic E-state index is 11.1. The molecule has 0 N–H and O–H groups in total. The molecule has 4 nitrogen and oxygen atoms in total. The van der Waals surface area contributed by atoms with E-state index in [4.69, 9.17) is 9.47 Å². The molecular weight excluding hydrogens is 180 g/mol. The number of methoxy groups -OCH3 is 1. The van der Waals surface area contributed by atoms with Crippen LogP contribution < -0.4 is 0 Å². The lowest BCUT2D eigenvalue weighted by atomic mass is 10.7. The number of hydrogen-bond acceptors (Lipinski definition) is 4. The van der Waals surface area contributed by atoms with E-state index >= 15 is 0 Å². The van der Waals surface area contributed by atoms with Crippen molar-refractivity contribution >= 4 is 9.84 Å². The minimum absolute atomic E-state index is 0.112. The maximum Gasteiger partial charge on any atom is 0.176 e. The molecule has 5 heteroatoms. The number of sulfone groups is 1. The van der Waals surface area contributed by atoms with Crippen molar-refractivity contribution in [1.29, 1.82) is 0 Å². The first-order valence-electron chi connectivity index (χ1n) is 3.86. The number of rotatable bonds is 6. The maximum absolute atomic E-state index is 11.1. The van der Waals surface area contributed by atoms with Gasteiger partial charge in [0.1, 0.15) is 0 Å². The molecule has 0 aliphatic heterocycles. The Morgan fingerprint density at radius 2 is 1.92 bits per heavy atom. The Hall–Kier alpha value is -0.130. The average molecular weight is 196 g/mol. The number of ether oxygens (including phenoxy) is 2. The molecule has 0 rings (SSSR count). The summed E-state index contributed by atoms with van der Waals surface area (Å²) in [6.07, 6.45) is 0. The van der Waals surface area contributed by atoms with Gasteiger partial charge in [0.2, 0.25) is 0 Å². The van der Waals surface area contributed by atoms with Gasteiger partial charge in [0.05, 0.1) is 13.2 Å². The van der Waals surface area contributed by atoms with Gasteiger partial charge in [-0.15, -0.1) is 0 Å². The van der Waals surface area contributed by atoms with Gasteiger partial charge >= 0.3 is 0 Å². The third-order valence-electron chi connectivity index (χ3n) is 1.55. The van der Waals surface area contributed by atoms with Crippen LogP contribution in [0, 0.1) is 0 Å². The van der Waals surface area contributed by atoms with E-state index in [9.17, 15) is 8.42 Å². The molecule has 0 bridgehead atoms. The van der Waals surface area contributed by atoms with Gasteiger partial charge in [-0.05, 0) is 6.92 Å². The van der Waals surface area contributed by atoms with Crippen LogP contribution in [0.5, 0.6) is 0 Å². The molecule has 0 saturated carbocycles. The smallest absolute Gasteiger partial charge is 0.176 e. The van der Waals surface area contributed by atoms with Crippen LogP contribution in [0.4, 0.5) is 0 Å². The fraction of sp³-hybridized carbons (Fsp3) is 1.00. The Bertz CT molecular complexity index is 197. The van der Waals surface area contributed by atoms with Gasteiger partial charge < -0.3 is 9.47 Å². The second kappa shape index (κ2) is 5.50. The Morgan fingerprint density at radius 3 is 2.33 bits per heavy atom. The first-order chi connectivity index (χ1) is 5.54.